The number of primary amides is 1. The molecule has 0 bridgehead atoms. The van der Waals surface area contributed by atoms with E-state index in [4.69, 9.17) is 24.9 Å². The maximum atomic E-state index is 13.1. The average Bonchev–Trinajstić information content (AvgIpc) is 3.00. The Balaban J connectivity index is 1.98. The highest BCUT2D eigenvalue weighted by atomic mass is 17.0. The SMILES string of the molecule is CCOC(=O)C(CCCCCC(N)=O)(CCCCCC(=O)N(OCc1ccccc1)OCc1ccccc1)C(=O)OCC. The van der Waals surface area contributed by atoms with Gasteiger partial charge in [-0.15, -0.1) is 0 Å². The highest BCUT2D eigenvalue weighted by Gasteiger charge is 2.47. The van der Waals surface area contributed by atoms with E-state index in [1.807, 2.05) is 60.7 Å². The molecule has 10 heteroatoms. The Morgan fingerprint density at radius 2 is 1.09 bits per heavy atom. The number of unbranched alkanes of at least 4 members (excludes halogenated alkanes) is 4. The lowest BCUT2D eigenvalue weighted by Gasteiger charge is -2.29. The predicted octanol–water partition coefficient (Wildman–Crippen LogP) is 5.58. The first-order valence-corrected chi connectivity index (χ1v) is 15.1. The second kappa shape index (κ2) is 20.2. The molecule has 0 fully saturated rings. The van der Waals surface area contributed by atoms with Crippen molar-refractivity contribution in [1.82, 2.24) is 5.23 Å². The van der Waals surface area contributed by atoms with Gasteiger partial charge in [0.05, 0.1) is 13.2 Å². The Bertz CT molecular complexity index is 1050. The Morgan fingerprint density at radius 1 is 0.651 bits per heavy atom. The molecule has 0 spiro atoms. The summed E-state index contributed by atoms with van der Waals surface area (Å²) in [6.07, 6.45) is 4.22. The van der Waals surface area contributed by atoms with Crippen LogP contribution in [0.2, 0.25) is 0 Å². The zero-order valence-corrected chi connectivity index (χ0v) is 25.5. The van der Waals surface area contributed by atoms with Gasteiger partial charge in [-0.3, -0.25) is 19.2 Å². The fraction of sp³-hybridized carbons (Fsp3) is 0.515. The minimum atomic E-state index is -1.44. The number of nitrogens with two attached hydrogens (primary N) is 1. The van der Waals surface area contributed by atoms with Gasteiger partial charge < -0.3 is 15.2 Å². The summed E-state index contributed by atoms with van der Waals surface area (Å²) in [5.74, 6) is -1.92. The van der Waals surface area contributed by atoms with Crippen LogP contribution in [0.1, 0.15) is 89.2 Å². The van der Waals surface area contributed by atoms with Crippen molar-refractivity contribution >= 4 is 23.8 Å². The molecule has 2 aromatic rings. The number of carbonyl (C=O) groups excluding carboxylic acids is 4. The van der Waals surface area contributed by atoms with Gasteiger partial charge in [0.1, 0.15) is 13.2 Å². The van der Waals surface area contributed by atoms with Crippen LogP contribution in [0.3, 0.4) is 0 Å². The van der Waals surface area contributed by atoms with E-state index < -0.39 is 17.4 Å². The molecule has 10 nitrogen and oxygen atoms in total. The Morgan fingerprint density at radius 3 is 1.51 bits per heavy atom. The summed E-state index contributed by atoms with van der Waals surface area (Å²) in [6.45, 7) is 4.00. The largest absolute Gasteiger partial charge is 0.465 e. The lowest BCUT2D eigenvalue weighted by Crippen LogP contribution is -2.42. The molecule has 0 atom stereocenters. The van der Waals surface area contributed by atoms with E-state index in [0.717, 1.165) is 16.4 Å². The molecule has 0 heterocycles. The van der Waals surface area contributed by atoms with Crippen molar-refractivity contribution in [2.45, 2.75) is 91.3 Å². The van der Waals surface area contributed by atoms with Gasteiger partial charge in [-0.2, -0.15) is 0 Å². The Labute approximate surface area is 254 Å². The quantitative estimate of drug-likeness (QED) is 0.0804. The number of rotatable bonds is 22. The third-order valence-corrected chi connectivity index (χ3v) is 6.94. The molecule has 236 valence electrons. The molecule has 0 aromatic heterocycles. The van der Waals surface area contributed by atoms with E-state index in [1.54, 1.807) is 13.8 Å². The summed E-state index contributed by atoms with van der Waals surface area (Å²) < 4.78 is 10.6. The molecule has 0 aliphatic rings. The standard InChI is InChI=1S/C33H46N2O8/c1-3-40-31(38)33(32(39)41-4-2,23-15-7-13-21-29(34)36)24-16-8-14-22-30(37)35(42-25-27-17-9-5-10-18-27)43-26-28-19-11-6-12-20-28/h5-6,9-12,17-20H,3-4,7-8,13-16,21-26H2,1-2H3,(H2,34,36). The molecule has 2 N–H and O–H groups in total. The molecular weight excluding hydrogens is 552 g/mol. The summed E-state index contributed by atoms with van der Waals surface area (Å²) >= 11 is 0. The van der Waals surface area contributed by atoms with E-state index in [2.05, 4.69) is 0 Å². The summed E-state index contributed by atoms with van der Waals surface area (Å²) in [4.78, 5) is 61.8. The number of carbonyl (C=O) groups is 4. The predicted molar refractivity (Wildman–Crippen MR) is 160 cm³/mol. The van der Waals surface area contributed by atoms with Crippen LogP contribution in [0, 0.1) is 5.41 Å². The van der Waals surface area contributed by atoms with Crippen LogP contribution in [-0.4, -0.2) is 42.2 Å². The topological polar surface area (TPSA) is 134 Å². The van der Waals surface area contributed by atoms with Gasteiger partial charge in [0.15, 0.2) is 5.41 Å². The number of nitrogens with zero attached hydrogens (tertiary/aromatic N) is 1. The molecule has 2 rings (SSSR count). The smallest absolute Gasteiger partial charge is 0.323 e. The molecule has 0 unspecified atom stereocenters. The van der Waals surface area contributed by atoms with E-state index in [1.165, 1.54) is 0 Å². The van der Waals surface area contributed by atoms with E-state index in [-0.39, 0.29) is 63.9 Å². The first-order chi connectivity index (χ1) is 20.8. The molecule has 0 radical (unpaired) electrons. The van der Waals surface area contributed by atoms with Crippen molar-refractivity contribution in [3.05, 3.63) is 71.8 Å². The first-order valence-electron chi connectivity index (χ1n) is 15.1. The fourth-order valence-corrected chi connectivity index (χ4v) is 4.62. The fourth-order valence-electron chi connectivity index (χ4n) is 4.62. The molecule has 43 heavy (non-hydrogen) atoms. The van der Waals surface area contributed by atoms with Gasteiger partial charge >= 0.3 is 11.9 Å². The van der Waals surface area contributed by atoms with Crippen LogP contribution in [0.15, 0.2) is 60.7 Å². The summed E-state index contributed by atoms with van der Waals surface area (Å²) in [5, 5.41) is 0.952. The van der Waals surface area contributed by atoms with Crippen molar-refractivity contribution in [2.24, 2.45) is 11.1 Å². The number of amides is 2. The van der Waals surface area contributed by atoms with Crippen LogP contribution in [0.5, 0.6) is 0 Å². The normalized spacial score (nSPS) is 11.1. The van der Waals surface area contributed by atoms with E-state index >= 15 is 0 Å². The Kier molecular flexibility index (Phi) is 16.6. The molecule has 0 aliphatic carbocycles. The maximum absolute atomic E-state index is 13.1. The first kappa shape index (κ1) is 35.4. The maximum Gasteiger partial charge on any atom is 0.323 e. The molecule has 0 saturated carbocycles. The van der Waals surface area contributed by atoms with Gasteiger partial charge in [-0.1, -0.05) is 91.6 Å². The van der Waals surface area contributed by atoms with Gasteiger partial charge in [-0.25, -0.2) is 9.68 Å². The average molecular weight is 599 g/mol. The lowest BCUT2D eigenvalue weighted by atomic mass is 9.77. The van der Waals surface area contributed by atoms with Crippen molar-refractivity contribution < 1.29 is 38.3 Å². The van der Waals surface area contributed by atoms with Crippen LogP contribution < -0.4 is 5.73 Å². The molecular formula is C33H46N2O8. The van der Waals surface area contributed by atoms with Crippen molar-refractivity contribution in [3.8, 4) is 0 Å². The van der Waals surface area contributed by atoms with Crippen LogP contribution in [-0.2, 0) is 51.5 Å². The number of hydrogen-bond donors (Lipinski definition) is 1. The number of esters is 2. The third-order valence-electron chi connectivity index (χ3n) is 6.94. The second-order valence-corrected chi connectivity index (χ2v) is 10.3. The minimum absolute atomic E-state index is 0.137. The second-order valence-electron chi connectivity index (χ2n) is 10.3. The van der Waals surface area contributed by atoms with Gasteiger partial charge in [-0.05, 0) is 50.7 Å². The molecule has 2 amide bonds. The van der Waals surface area contributed by atoms with E-state index in [0.29, 0.717) is 38.5 Å². The zero-order valence-electron chi connectivity index (χ0n) is 25.5. The van der Waals surface area contributed by atoms with Crippen molar-refractivity contribution in [1.29, 1.82) is 0 Å². The van der Waals surface area contributed by atoms with Crippen LogP contribution in [0.4, 0.5) is 0 Å². The summed E-state index contributed by atoms with van der Waals surface area (Å²) in [6, 6.07) is 19.0. The number of hydrogen-bond acceptors (Lipinski definition) is 8. The highest BCUT2D eigenvalue weighted by Crippen LogP contribution is 2.35. The van der Waals surface area contributed by atoms with Crippen molar-refractivity contribution in [3.63, 3.8) is 0 Å². The monoisotopic (exact) mass is 598 g/mol. The highest BCUT2D eigenvalue weighted by molar-refractivity contribution is 6.00. The zero-order chi connectivity index (χ0) is 31.3. The minimum Gasteiger partial charge on any atom is -0.465 e. The number of ether oxygens (including phenoxy) is 2. The van der Waals surface area contributed by atoms with Gasteiger partial charge in [0.25, 0.3) is 5.91 Å². The van der Waals surface area contributed by atoms with Crippen LogP contribution in [0.25, 0.3) is 0 Å². The van der Waals surface area contributed by atoms with Crippen molar-refractivity contribution in [2.75, 3.05) is 13.2 Å². The Hall–Kier alpha value is -3.76. The molecule has 2 aromatic carbocycles. The third kappa shape index (κ3) is 13.0. The lowest BCUT2D eigenvalue weighted by molar-refractivity contribution is -0.353. The summed E-state index contributed by atoms with van der Waals surface area (Å²) in [7, 11) is 0. The number of hydroxylamine groups is 2. The molecule has 0 aliphatic heterocycles. The molecule has 0 saturated heterocycles. The summed E-state index contributed by atoms with van der Waals surface area (Å²) in [5.41, 5.74) is 5.58. The van der Waals surface area contributed by atoms with E-state index in [9.17, 15) is 19.2 Å². The number of benzene rings is 2. The van der Waals surface area contributed by atoms with Gasteiger partial charge in [0, 0.05) is 12.8 Å². The van der Waals surface area contributed by atoms with Crippen LogP contribution >= 0.6 is 0 Å². The van der Waals surface area contributed by atoms with Gasteiger partial charge in [0.2, 0.25) is 5.91 Å².